The zero-order chi connectivity index (χ0) is 47.1. The number of anilines is 1. The largest absolute Gasteiger partial charge is 0.480 e. The fourth-order valence-corrected chi connectivity index (χ4v) is 5.70. The van der Waals surface area contributed by atoms with Gasteiger partial charge in [0.25, 0.3) is 0 Å². The lowest BCUT2D eigenvalue weighted by Crippen LogP contribution is -2.60. The number of esters is 2. The molecule has 6 N–H and O–H groups in total. The van der Waals surface area contributed by atoms with Gasteiger partial charge in [-0.3, -0.25) is 43.2 Å². The molecule has 1 unspecified atom stereocenters. The predicted molar refractivity (Wildman–Crippen MR) is 219 cm³/mol. The number of ketones is 1. The van der Waals surface area contributed by atoms with Gasteiger partial charge in [-0.25, -0.2) is 8.78 Å². The second-order valence-corrected chi connectivity index (χ2v) is 15.9. The maximum Gasteiger partial charge on any atom is 0.313 e. The van der Waals surface area contributed by atoms with Crippen LogP contribution in [0.15, 0.2) is 42.5 Å². The van der Waals surface area contributed by atoms with E-state index >= 15 is 0 Å². The van der Waals surface area contributed by atoms with E-state index in [0.717, 1.165) is 38.0 Å². The van der Waals surface area contributed by atoms with Gasteiger partial charge in [-0.1, -0.05) is 72.7 Å². The molecule has 0 heterocycles. The van der Waals surface area contributed by atoms with E-state index in [9.17, 15) is 51.9 Å². The number of amides is 6. The Morgan fingerprint density at radius 1 is 0.597 bits per heavy atom. The molecule has 0 aliphatic carbocycles. The number of Topliss-reactive ketones (excluding diaryl/α,β-unsaturated/α-hetero) is 1. The average molecular weight is 875 g/mol. The Morgan fingerprint density at radius 2 is 1.10 bits per heavy atom. The van der Waals surface area contributed by atoms with Crippen molar-refractivity contribution >= 4 is 58.9 Å². The van der Waals surface area contributed by atoms with Gasteiger partial charge in [0.15, 0.2) is 23.2 Å². The van der Waals surface area contributed by atoms with Crippen LogP contribution in [0, 0.1) is 23.5 Å². The van der Waals surface area contributed by atoms with E-state index in [4.69, 9.17) is 9.47 Å². The number of carbonyl (C=O) groups excluding carboxylic acids is 9. The number of nitrogens with one attached hydrogen (secondary N) is 6. The molecule has 2 rings (SSSR count). The molecule has 0 aliphatic heterocycles. The number of methoxy groups -OCH3 is 2. The van der Waals surface area contributed by atoms with E-state index in [-0.39, 0.29) is 5.41 Å². The van der Waals surface area contributed by atoms with Crippen molar-refractivity contribution in [3.63, 3.8) is 0 Å². The molecule has 5 atom stereocenters. The molecular weight excluding hydrogens is 818 g/mol. The van der Waals surface area contributed by atoms with E-state index in [0.29, 0.717) is 5.69 Å². The molecule has 2 aromatic rings. The maximum atomic E-state index is 14.0. The number of para-hydroxylation sites is 2. The Hall–Kier alpha value is -6.47. The van der Waals surface area contributed by atoms with Gasteiger partial charge < -0.3 is 46.1 Å². The topological polar surface area (TPSA) is 253 Å². The lowest BCUT2D eigenvalue weighted by atomic mass is 9.86. The maximum absolute atomic E-state index is 14.0. The molecule has 0 fully saturated rings. The van der Waals surface area contributed by atoms with Crippen molar-refractivity contribution in [3.05, 3.63) is 59.7 Å². The van der Waals surface area contributed by atoms with E-state index < -0.39 is 132 Å². The SMILES string of the molecule is COC(=O)CC(NC(=O)[C@H](C)NC(=O)[C@@H](NC(=O)[C@H](CC(=O)OC)NC(=O)[C@@H](NC(=O)C(=O)Nc1ccccc1C(C)(C)C)C(C)C)C(C)C)C(=O)COc1c(F)cccc1F. The highest BCUT2D eigenvalue weighted by molar-refractivity contribution is 6.40. The van der Waals surface area contributed by atoms with Crippen LogP contribution in [-0.4, -0.2) is 104 Å². The number of hydrogen-bond donors (Lipinski definition) is 6. The summed E-state index contributed by atoms with van der Waals surface area (Å²) in [5, 5.41) is 14.4. The van der Waals surface area contributed by atoms with Crippen LogP contribution in [0.1, 0.15) is 73.8 Å². The molecule has 2 aromatic carbocycles. The summed E-state index contributed by atoms with van der Waals surface area (Å²) in [4.78, 5) is 117. The molecule has 0 saturated carbocycles. The fourth-order valence-electron chi connectivity index (χ4n) is 5.70. The highest BCUT2D eigenvalue weighted by atomic mass is 19.1. The monoisotopic (exact) mass is 874 g/mol. The zero-order valence-electron chi connectivity index (χ0n) is 36.4. The van der Waals surface area contributed by atoms with Crippen LogP contribution < -0.4 is 36.6 Å². The van der Waals surface area contributed by atoms with Crippen LogP contribution in [0.2, 0.25) is 0 Å². The van der Waals surface area contributed by atoms with Gasteiger partial charge in [-0.05, 0) is 47.9 Å². The third kappa shape index (κ3) is 15.5. The molecule has 0 bridgehead atoms. The number of halogens is 2. The molecule has 0 aromatic heterocycles. The van der Waals surface area contributed by atoms with Crippen LogP contribution in [0.3, 0.4) is 0 Å². The smallest absolute Gasteiger partial charge is 0.313 e. The fraction of sp³-hybridized carbons (Fsp3) is 0.500. The predicted octanol–water partition coefficient (Wildman–Crippen LogP) is 1.73. The minimum absolute atomic E-state index is 0.385. The summed E-state index contributed by atoms with van der Waals surface area (Å²) in [6.07, 6.45) is -1.42. The molecule has 0 spiro atoms. The van der Waals surface area contributed by atoms with E-state index in [1.807, 2.05) is 20.8 Å². The van der Waals surface area contributed by atoms with Gasteiger partial charge in [-0.2, -0.15) is 0 Å². The molecule has 18 nitrogen and oxygen atoms in total. The first-order valence-corrected chi connectivity index (χ1v) is 19.6. The Bertz CT molecular complexity index is 1970. The van der Waals surface area contributed by atoms with Gasteiger partial charge in [0.2, 0.25) is 23.6 Å². The first-order valence-electron chi connectivity index (χ1n) is 19.6. The number of carbonyl (C=O) groups is 9. The lowest BCUT2D eigenvalue weighted by Gasteiger charge is -2.28. The Morgan fingerprint density at radius 3 is 1.63 bits per heavy atom. The summed E-state index contributed by atoms with van der Waals surface area (Å²) in [6.45, 7) is 12.3. The first kappa shape index (κ1) is 51.7. The second-order valence-electron chi connectivity index (χ2n) is 15.9. The van der Waals surface area contributed by atoms with Crippen LogP contribution in [-0.2, 0) is 58.0 Å². The van der Waals surface area contributed by atoms with Crippen molar-refractivity contribution in [2.75, 3.05) is 26.1 Å². The van der Waals surface area contributed by atoms with Crippen molar-refractivity contribution in [1.82, 2.24) is 26.6 Å². The molecular formula is C42H56F2N6O12. The Labute approximate surface area is 358 Å². The summed E-state index contributed by atoms with van der Waals surface area (Å²) >= 11 is 0. The molecule has 62 heavy (non-hydrogen) atoms. The summed E-state index contributed by atoms with van der Waals surface area (Å²) < 4.78 is 42.4. The van der Waals surface area contributed by atoms with Crippen molar-refractivity contribution in [2.24, 2.45) is 11.8 Å². The quantitative estimate of drug-likeness (QED) is 0.0822. The standard InChI is InChI=1S/C42H56F2N6O12/c1-21(2)33(38(56)45-23(5)36(54)47-28(18-31(52)60-9)30(51)20-62-35-25(43)15-13-16-26(35)44)49-37(55)29(19-32(53)61-10)48-39(57)34(22(3)4)50-41(59)40(58)46-27-17-12-11-14-24(27)42(6,7)8/h11-17,21-23,28-29,33-34H,18-20H2,1-10H3,(H,45,56)(H,46,58)(H,47,54)(H,48,57)(H,49,55)(H,50,59)/t23-,28?,29-,33-,34-/m0/s1. The first-order chi connectivity index (χ1) is 28.9. The van der Waals surface area contributed by atoms with E-state index in [2.05, 4.69) is 36.6 Å². The van der Waals surface area contributed by atoms with Crippen molar-refractivity contribution in [1.29, 1.82) is 0 Å². The minimum atomic E-state index is -1.67. The molecule has 0 radical (unpaired) electrons. The summed E-state index contributed by atoms with van der Waals surface area (Å²) in [5.74, 6) is -13.3. The highest BCUT2D eigenvalue weighted by Gasteiger charge is 2.35. The normalized spacial score (nSPS) is 13.6. The Kier molecular flexibility index (Phi) is 19.6. The van der Waals surface area contributed by atoms with E-state index in [1.54, 1.807) is 52.0 Å². The summed E-state index contributed by atoms with van der Waals surface area (Å²) in [6, 6.07) is 2.27. The van der Waals surface area contributed by atoms with Crippen molar-refractivity contribution in [3.8, 4) is 5.75 Å². The average Bonchev–Trinajstić information content (AvgIpc) is 3.19. The van der Waals surface area contributed by atoms with Gasteiger partial charge in [0.05, 0.1) is 27.1 Å². The van der Waals surface area contributed by atoms with Gasteiger partial charge in [0, 0.05) is 5.69 Å². The third-order valence-corrected chi connectivity index (χ3v) is 9.24. The Balaban J connectivity index is 2.20. The number of benzene rings is 2. The third-order valence-electron chi connectivity index (χ3n) is 9.24. The lowest BCUT2D eigenvalue weighted by molar-refractivity contribution is -0.145. The van der Waals surface area contributed by atoms with Crippen molar-refractivity contribution < 1.29 is 66.1 Å². The van der Waals surface area contributed by atoms with Crippen LogP contribution in [0.4, 0.5) is 14.5 Å². The number of hydrogen-bond acceptors (Lipinski definition) is 12. The van der Waals surface area contributed by atoms with Crippen LogP contribution in [0.5, 0.6) is 5.75 Å². The number of ether oxygens (including phenoxy) is 3. The van der Waals surface area contributed by atoms with Crippen LogP contribution in [0.25, 0.3) is 0 Å². The highest BCUT2D eigenvalue weighted by Crippen LogP contribution is 2.29. The minimum Gasteiger partial charge on any atom is -0.480 e. The van der Waals surface area contributed by atoms with Gasteiger partial charge in [-0.15, -0.1) is 0 Å². The molecule has 340 valence electrons. The second kappa shape index (κ2) is 23.5. The molecule has 20 heteroatoms. The summed E-state index contributed by atoms with van der Waals surface area (Å²) in [7, 11) is 2.07. The van der Waals surface area contributed by atoms with Gasteiger partial charge >= 0.3 is 23.8 Å². The molecule has 0 saturated heterocycles. The van der Waals surface area contributed by atoms with Crippen LogP contribution >= 0.6 is 0 Å². The molecule has 6 amide bonds. The molecule has 0 aliphatic rings. The summed E-state index contributed by atoms with van der Waals surface area (Å²) in [5.41, 5.74) is 0.756. The number of rotatable bonds is 20. The van der Waals surface area contributed by atoms with Gasteiger partial charge in [0.1, 0.15) is 36.8 Å². The zero-order valence-corrected chi connectivity index (χ0v) is 36.4. The van der Waals surface area contributed by atoms with Crippen molar-refractivity contribution in [2.45, 2.75) is 104 Å². The van der Waals surface area contributed by atoms with E-state index in [1.165, 1.54) is 6.92 Å².